The molecule has 1 amide bonds. The highest BCUT2D eigenvalue weighted by Crippen LogP contribution is 2.43. The molecule has 0 aromatic carbocycles. The van der Waals surface area contributed by atoms with Crippen LogP contribution in [0.5, 0.6) is 0 Å². The molecule has 0 bridgehead atoms. The third kappa shape index (κ3) is 46.4. The SMILES string of the molecule is CC/C=C\C/C=C\C/C=C\C/C=C\C/C=C\C/C=C\C/C=C\C/C=C\CCCCCCC(=O)NC(COP(=O)(O)OCC[N+](C)(C)C)C(O)/C=C/CC/C=C/CC/C=C/CCCC. The van der Waals surface area contributed by atoms with Crippen molar-refractivity contribution in [2.45, 2.75) is 161 Å². The van der Waals surface area contributed by atoms with Gasteiger partial charge in [0.15, 0.2) is 0 Å². The number of phosphoric acid groups is 1. The van der Waals surface area contributed by atoms with Crippen LogP contribution >= 0.6 is 7.82 Å². The monoisotopic (exact) mass is 894 g/mol. The molecule has 0 fully saturated rings. The van der Waals surface area contributed by atoms with Crippen LogP contribution in [0.25, 0.3) is 0 Å². The number of carbonyl (C=O) groups excluding carboxylic acids is 1. The first-order valence-corrected chi connectivity index (χ1v) is 25.6. The third-order valence-electron chi connectivity index (χ3n) is 9.58. The van der Waals surface area contributed by atoms with Gasteiger partial charge in [0.25, 0.3) is 0 Å². The van der Waals surface area contributed by atoms with E-state index in [1.165, 1.54) is 12.8 Å². The number of likely N-dealkylation sites (N-methyl/N-ethyl adjacent to an activating group) is 1. The second kappa shape index (κ2) is 43.9. The van der Waals surface area contributed by atoms with E-state index in [1.807, 2.05) is 27.2 Å². The lowest BCUT2D eigenvalue weighted by molar-refractivity contribution is -0.870. The molecule has 0 radical (unpaired) electrons. The molecule has 0 aliphatic carbocycles. The third-order valence-corrected chi connectivity index (χ3v) is 10.6. The van der Waals surface area contributed by atoms with Gasteiger partial charge in [-0.3, -0.25) is 13.8 Å². The standard InChI is InChI=1S/C54H89N2O6P/c1-6-8-10-12-14-16-18-20-21-22-23-24-25-26-27-28-29-30-31-32-33-34-35-36-38-40-42-44-46-48-54(58)55-52(51-62-63(59,60)61-50-49-56(3,4)5)53(57)47-45-43-41-39-37-19-17-15-13-11-9-7-2/h8,10,13-16,20-21,23-24,26-27,29-30,32-33,35-37,39,45,47,52-53,57H,6-7,9,11-12,17-19,22,25,28,31,34,38,40-44,46,48-51H2,1-5H3,(H-,55,58,59,60)/p+1/b10-8-,15-13+,16-14-,21-20-,24-23-,27-26-,30-29-,33-32-,36-35-,39-37+,47-45+. The predicted octanol–water partition coefficient (Wildman–Crippen LogP) is 14.0. The van der Waals surface area contributed by atoms with Crippen molar-refractivity contribution >= 4 is 13.7 Å². The summed E-state index contributed by atoms with van der Waals surface area (Å²) < 4.78 is 23.5. The van der Waals surface area contributed by atoms with Crippen molar-refractivity contribution in [3.63, 3.8) is 0 Å². The molecule has 0 rings (SSSR count). The number of amides is 1. The average molecular weight is 894 g/mol. The summed E-state index contributed by atoms with van der Waals surface area (Å²) in [5.41, 5.74) is 0. The Bertz CT molecular complexity index is 1480. The molecule has 0 aliphatic heterocycles. The van der Waals surface area contributed by atoms with Crippen LogP contribution in [-0.2, 0) is 18.4 Å². The van der Waals surface area contributed by atoms with E-state index in [-0.39, 0.29) is 19.1 Å². The van der Waals surface area contributed by atoms with Crippen molar-refractivity contribution in [1.29, 1.82) is 0 Å². The Kier molecular flexibility index (Phi) is 41.5. The maximum atomic E-state index is 12.9. The van der Waals surface area contributed by atoms with Crippen molar-refractivity contribution in [2.24, 2.45) is 0 Å². The number of carbonyl (C=O) groups is 1. The Morgan fingerprint density at radius 1 is 0.556 bits per heavy atom. The van der Waals surface area contributed by atoms with Gasteiger partial charge in [-0.1, -0.05) is 173 Å². The van der Waals surface area contributed by atoms with Gasteiger partial charge >= 0.3 is 7.82 Å². The number of aliphatic hydroxyl groups is 1. The van der Waals surface area contributed by atoms with Gasteiger partial charge in [-0.25, -0.2) is 4.57 Å². The lowest BCUT2D eigenvalue weighted by Gasteiger charge is -2.25. The van der Waals surface area contributed by atoms with Gasteiger partial charge in [0, 0.05) is 6.42 Å². The fourth-order valence-electron chi connectivity index (χ4n) is 5.78. The molecular formula is C54H90N2O6P+. The molecule has 0 saturated heterocycles. The largest absolute Gasteiger partial charge is 0.472 e. The van der Waals surface area contributed by atoms with Crippen LogP contribution in [-0.4, -0.2) is 73.4 Å². The molecule has 0 spiro atoms. The number of rotatable bonds is 41. The number of unbranched alkanes of at least 4 members (excludes halogenated alkanes) is 8. The van der Waals surface area contributed by atoms with Crippen LogP contribution in [0.2, 0.25) is 0 Å². The lowest BCUT2D eigenvalue weighted by Crippen LogP contribution is -2.45. The van der Waals surface area contributed by atoms with Crippen molar-refractivity contribution in [1.82, 2.24) is 5.32 Å². The van der Waals surface area contributed by atoms with E-state index < -0.39 is 20.0 Å². The number of allylic oxidation sites excluding steroid dienone is 21. The molecule has 0 heterocycles. The second-order valence-corrected chi connectivity index (χ2v) is 18.2. The predicted molar refractivity (Wildman–Crippen MR) is 271 cm³/mol. The fraction of sp³-hybridized carbons (Fsp3) is 0.574. The Hall–Kier alpha value is -3.36. The van der Waals surface area contributed by atoms with Gasteiger partial charge in [-0.2, -0.15) is 0 Å². The molecule has 0 aromatic heterocycles. The number of aliphatic hydroxyl groups excluding tert-OH is 1. The van der Waals surface area contributed by atoms with Gasteiger partial charge in [0.1, 0.15) is 13.2 Å². The van der Waals surface area contributed by atoms with Gasteiger partial charge in [0.05, 0.1) is 39.9 Å². The molecule has 0 saturated carbocycles. The number of nitrogens with one attached hydrogen (secondary N) is 1. The maximum Gasteiger partial charge on any atom is 0.472 e. The van der Waals surface area contributed by atoms with E-state index in [0.717, 1.165) is 116 Å². The van der Waals surface area contributed by atoms with Crippen LogP contribution in [0.15, 0.2) is 134 Å². The lowest BCUT2D eigenvalue weighted by atomic mass is 10.1. The van der Waals surface area contributed by atoms with Gasteiger partial charge in [0.2, 0.25) is 5.91 Å². The molecule has 3 atom stereocenters. The van der Waals surface area contributed by atoms with E-state index >= 15 is 0 Å². The quantitative estimate of drug-likeness (QED) is 0.0244. The van der Waals surface area contributed by atoms with Crippen LogP contribution in [0, 0.1) is 0 Å². The van der Waals surface area contributed by atoms with Gasteiger partial charge in [-0.05, 0) is 103 Å². The Labute approximate surface area is 386 Å². The van der Waals surface area contributed by atoms with Crippen molar-refractivity contribution in [2.75, 3.05) is 40.9 Å². The molecular weight excluding hydrogens is 804 g/mol. The maximum absolute atomic E-state index is 12.9. The van der Waals surface area contributed by atoms with E-state index in [4.69, 9.17) is 9.05 Å². The Morgan fingerprint density at radius 2 is 0.968 bits per heavy atom. The number of hydrogen-bond donors (Lipinski definition) is 3. The second-order valence-electron chi connectivity index (χ2n) is 16.7. The zero-order chi connectivity index (χ0) is 46.4. The smallest absolute Gasteiger partial charge is 0.387 e. The summed E-state index contributed by atoms with van der Waals surface area (Å²) in [6.45, 7) is 4.56. The van der Waals surface area contributed by atoms with E-state index in [1.54, 1.807) is 6.08 Å². The number of nitrogens with zero attached hydrogens (tertiary/aromatic N) is 1. The molecule has 356 valence electrons. The molecule has 3 unspecified atom stereocenters. The number of quaternary nitrogens is 1. The summed E-state index contributed by atoms with van der Waals surface area (Å²) in [6, 6.07) is -0.893. The van der Waals surface area contributed by atoms with E-state index in [9.17, 15) is 19.4 Å². The number of phosphoric ester groups is 1. The van der Waals surface area contributed by atoms with E-state index in [2.05, 4.69) is 141 Å². The topological polar surface area (TPSA) is 105 Å². The highest BCUT2D eigenvalue weighted by Gasteiger charge is 2.27. The van der Waals surface area contributed by atoms with Crippen LogP contribution in [0.3, 0.4) is 0 Å². The highest BCUT2D eigenvalue weighted by molar-refractivity contribution is 7.47. The van der Waals surface area contributed by atoms with Crippen LogP contribution in [0.1, 0.15) is 149 Å². The molecule has 0 aromatic rings. The van der Waals surface area contributed by atoms with Crippen LogP contribution in [0.4, 0.5) is 0 Å². The normalized spacial score (nSPS) is 15.3. The van der Waals surface area contributed by atoms with Gasteiger partial charge < -0.3 is 19.8 Å². The minimum atomic E-state index is -4.37. The Morgan fingerprint density at radius 3 is 1.44 bits per heavy atom. The summed E-state index contributed by atoms with van der Waals surface area (Å²) in [6.07, 6.45) is 66.8. The molecule has 0 aliphatic rings. The van der Waals surface area contributed by atoms with Crippen molar-refractivity contribution in [3.05, 3.63) is 134 Å². The summed E-state index contributed by atoms with van der Waals surface area (Å²) in [7, 11) is 1.50. The minimum Gasteiger partial charge on any atom is -0.387 e. The Balaban J connectivity index is 4.39. The number of hydrogen-bond acceptors (Lipinski definition) is 5. The zero-order valence-electron chi connectivity index (χ0n) is 40.2. The zero-order valence-corrected chi connectivity index (χ0v) is 41.1. The van der Waals surface area contributed by atoms with E-state index in [0.29, 0.717) is 17.4 Å². The molecule has 63 heavy (non-hydrogen) atoms. The van der Waals surface area contributed by atoms with Crippen LogP contribution < -0.4 is 5.32 Å². The molecule has 8 nitrogen and oxygen atoms in total. The first-order chi connectivity index (χ1) is 30.5. The molecule has 3 N–H and O–H groups in total. The first-order valence-electron chi connectivity index (χ1n) is 24.1. The fourth-order valence-corrected chi connectivity index (χ4v) is 6.51. The first kappa shape index (κ1) is 59.6. The van der Waals surface area contributed by atoms with Crippen molar-refractivity contribution in [3.8, 4) is 0 Å². The highest BCUT2D eigenvalue weighted by atomic mass is 31.2. The summed E-state index contributed by atoms with van der Waals surface area (Å²) in [4.78, 5) is 23.1. The molecule has 9 heteroatoms. The summed E-state index contributed by atoms with van der Waals surface area (Å²) >= 11 is 0. The summed E-state index contributed by atoms with van der Waals surface area (Å²) in [5, 5.41) is 13.8. The van der Waals surface area contributed by atoms with Crippen molar-refractivity contribution < 1.29 is 32.9 Å². The summed E-state index contributed by atoms with van der Waals surface area (Å²) in [5.74, 6) is -0.225. The van der Waals surface area contributed by atoms with Gasteiger partial charge in [-0.15, -0.1) is 0 Å². The minimum absolute atomic E-state index is 0.0397. The average Bonchev–Trinajstić information content (AvgIpc) is 3.24.